The molecule has 1 fully saturated rings. The van der Waals surface area contributed by atoms with E-state index in [0.717, 1.165) is 34.9 Å². The molecular formula is C29H38ClN3O2. The van der Waals surface area contributed by atoms with Gasteiger partial charge in [0, 0.05) is 29.4 Å². The minimum Gasteiger partial charge on any atom is -0.503 e. The number of aryl methyl sites for hydroxylation is 1. The molecule has 0 saturated heterocycles. The Balaban J connectivity index is 1.74. The van der Waals surface area contributed by atoms with Gasteiger partial charge in [-0.25, -0.2) is 0 Å². The molecule has 4 rings (SSSR count). The highest BCUT2D eigenvalue weighted by Crippen LogP contribution is 2.40. The van der Waals surface area contributed by atoms with Crippen LogP contribution in [0.3, 0.4) is 0 Å². The van der Waals surface area contributed by atoms with Crippen LogP contribution in [-0.2, 0) is 6.42 Å². The molecule has 2 aromatic carbocycles. The van der Waals surface area contributed by atoms with Gasteiger partial charge in [0.1, 0.15) is 0 Å². The molecule has 6 heteroatoms. The van der Waals surface area contributed by atoms with E-state index in [1.165, 1.54) is 44.0 Å². The quantitative estimate of drug-likeness (QED) is 0.347. The number of phenolic OH excluding ortho intramolecular Hbond substituents is 1. The zero-order chi connectivity index (χ0) is 25.1. The van der Waals surface area contributed by atoms with Gasteiger partial charge in [-0.15, -0.1) is 0 Å². The van der Waals surface area contributed by atoms with E-state index in [-0.39, 0.29) is 10.8 Å². The van der Waals surface area contributed by atoms with Crippen LogP contribution in [0.5, 0.6) is 11.5 Å². The van der Waals surface area contributed by atoms with Crippen molar-refractivity contribution >= 4 is 28.2 Å². The predicted molar refractivity (Wildman–Crippen MR) is 147 cm³/mol. The average molecular weight is 496 g/mol. The number of hydrogen-bond acceptors (Lipinski definition) is 5. The van der Waals surface area contributed by atoms with Crippen LogP contribution in [0, 0.1) is 5.92 Å². The summed E-state index contributed by atoms with van der Waals surface area (Å²) < 4.78 is 5.34. The van der Waals surface area contributed by atoms with Gasteiger partial charge in [0.2, 0.25) is 0 Å². The van der Waals surface area contributed by atoms with Gasteiger partial charge in [-0.1, -0.05) is 31.5 Å². The summed E-state index contributed by atoms with van der Waals surface area (Å²) in [5, 5.41) is 15.5. The lowest BCUT2D eigenvalue weighted by Crippen LogP contribution is -2.36. The number of hydrogen-bond donors (Lipinski definition) is 2. The van der Waals surface area contributed by atoms with Gasteiger partial charge in [-0.05, 0) is 99.5 Å². The molecule has 1 aromatic heterocycles. The molecular weight excluding hydrogens is 458 g/mol. The monoisotopic (exact) mass is 495 g/mol. The molecule has 0 bridgehead atoms. The van der Waals surface area contributed by atoms with E-state index in [9.17, 15) is 5.11 Å². The Morgan fingerprint density at radius 2 is 1.86 bits per heavy atom. The van der Waals surface area contributed by atoms with Crippen molar-refractivity contribution in [3.8, 4) is 22.6 Å². The molecule has 0 amide bonds. The van der Waals surface area contributed by atoms with E-state index in [0.29, 0.717) is 23.8 Å². The Labute approximate surface area is 214 Å². The smallest absolute Gasteiger partial charge is 0.176 e. The number of rotatable bonds is 8. The van der Waals surface area contributed by atoms with Crippen molar-refractivity contribution < 1.29 is 9.84 Å². The summed E-state index contributed by atoms with van der Waals surface area (Å²) in [7, 11) is 5.91. The van der Waals surface area contributed by atoms with Gasteiger partial charge in [0.05, 0.1) is 17.6 Å². The summed E-state index contributed by atoms with van der Waals surface area (Å²) in [6.45, 7) is 4.54. The second-order valence-corrected chi connectivity index (χ2v) is 10.9. The number of halogens is 1. The van der Waals surface area contributed by atoms with Crippen molar-refractivity contribution in [1.29, 1.82) is 0 Å². The molecule has 2 N–H and O–H groups in total. The first-order chi connectivity index (χ1) is 16.8. The first kappa shape index (κ1) is 25.6. The predicted octanol–water partition coefficient (Wildman–Crippen LogP) is 7.14. The number of methoxy groups -OCH3 is 1. The number of phenols is 1. The third kappa shape index (κ3) is 5.84. The Kier molecular flexibility index (Phi) is 8.08. The lowest BCUT2D eigenvalue weighted by molar-refractivity contribution is 0.221. The standard InChI is InChI=1S/C29H38ClN3O2/c1-18(2)6-7-20-17-31-26-13-8-19(21-15-25(30)29(34)27(16-21)35-5)14-24(26)28(20)32-22-9-11-23(12-10-22)33(3)4/h8,13-18,22-23,34H,6-7,9-12H2,1-5H3,(H,31,32). The van der Waals surface area contributed by atoms with Gasteiger partial charge >= 0.3 is 0 Å². The van der Waals surface area contributed by atoms with Crippen LogP contribution in [0.1, 0.15) is 51.5 Å². The van der Waals surface area contributed by atoms with E-state index in [2.05, 4.69) is 62.6 Å². The van der Waals surface area contributed by atoms with Crippen LogP contribution in [0.4, 0.5) is 5.69 Å². The summed E-state index contributed by atoms with van der Waals surface area (Å²) in [4.78, 5) is 7.17. The number of aromatic hydroxyl groups is 1. The molecule has 0 spiro atoms. The first-order valence-corrected chi connectivity index (χ1v) is 13.1. The molecule has 0 aliphatic heterocycles. The second-order valence-electron chi connectivity index (χ2n) is 10.4. The number of aromatic nitrogens is 1. The van der Waals surface area contributed by atoms with Crippen molar-refractivity contribution in [2.75, 3.05) is 26.5 Å². The maximum Gasteiger partial charge on any atom is 0.176 e. The fraction of sp³-hybridized carbons (Fsp3) is 0.483. The van der Waals surface area contributed by atoms with Crippen LogP contribution < -0.4 is 10.1 Å². The zero-order valence-corrected chi connectivity index (χ0v) is 22.3. The number of fused-ring (bicyclic) bond motifs is 1. The summed E-state index contributed by atoms with van der Waals surface area (Å²) in [6, 6.07) is 11.1. The van der Waals surface area contributed by atoms with E-state index in [1.54, 1.807) is 6.07 Å². The topological polar surface area (TPSA) is 57.6 Å². The number of benzene rings is 2. The number of anilines is 1. The Morgan fingerprint density at radius 1 is 1.11 bits per heavy atom. The summed E-state index contributed by atoms with van der Waals surface area (Å²) in [5.74, 6) is 0.964. The van der Waals surface area contributed by atoms with E-state index in [4.69, 9.17) is 21.3 Å². The summed E-state index contributed by atoms with van der Waals surface area (Å²) >= 11 is 6.30. The number of nitrogens with zero attached hydrogens (tertiary/aromatic N) is 2. The highest BCUT2D eigenvalue weighted by Gasteiger charge is 2.24. The molecule has 1 heterocycles. The maximum absolute atomic E-state index is 10.2. The van der Waals surface area contributed by atoms with Gasteiger partial charge in [-0.2, -0.15) is 0 Å². The average Bonchev–Trinajstić information content (AvgIpc) is 2.85. The molecule has 0 atom stereocenters. The molecule has 3 aromatic rings. The van der Waals surface area contributed by atoms with Gasteiger partial charge in [0.15, 0.2) is 11.5 Å². The fourth-order valence-corrected chi connectivity index (χ4v) is 5.27. The molecule has 1 aliphatic rings. The lowest BCUT2D eigenvalue weighted by atomic mass is 9.89. The SMILES string of the molecule is COc1cc(-c2ccc3ncc(CCC(C)C)c(NC4CCC(N(C)C)CC4)c3c2)cc(Cl)c1O. The Hall–Kier alpha value is -2.50. The molecule has 1 saturated carbocycles. The van der Waals surface area contributed by atoms with E-state index >= 15 is 0 Å². The first-order valence-electron chi connectivity index (χ1n) is 12.7. The minimum absolute atomic E-state index is 0.0352. The largest absolute Gasteiger partial charge is 0.503 e. The van der Waals surface area contributed by atoms with Crippen molar-refractivity contribution in [2.24, 2.45) is 5.92 Å². The second kappa shape index (κ2) is 11.0. The fourth-order valence-electron chi connectivity index (χ4n) is 5.05. The van der Waals surface area contributed by atoms with Crippen molar-refractivity contribution in [3.05, 3.63) is 47.1 Å². The molecule has 1 aliphatic carbocycles. The van der Waals surface area contributed by atoms with Crippen LogP contribution in [-0.4, -0.2) is 48.3 Å². The van der Waals surface area contributed by atoms with E-state index < -0.39 is 0 Å². The third-order valence-electron chi connectivity index (χ3n) is 7.29. The Bertz CT molecular complexity index is 1170. The van der Waals surface area contributed by atoms with Crippen LogP contribution >= 0.6 is 11.6 Å². The minimum atomic E-state index is -0.0352. The summed E-state index contributed by atoms with van der Waals surface area (Å²) in [5.41, 5.74) is 5.38. The molecule has 35 heavy (non-hydrogen) atoms. The number of pyridine rings is 1. The molecule has 5 nitrogen and oxygen atoms in total. The molecule has 0 unspecified atom stereocenters. The van der Waals surface area contributed by atoms with Crippen molar-refractivity contribution in [2.45, 2.75) is 64.5 Å². The van der Waals surface area contributed by atoms with Crippen LogP contribution in [0.25, 0.3) is 22.0 Å². The molecule has 0 radical (unpaired) electrons. The van der Waals surface area contributed by atoms with Crippen molar-refractivity contribution in [3.63, 3.8) is 0 Å². The van der Waals surface area contributed by atoms with Crippen LogP contribution in [0.2, 0.25) is 5.02 Å². The van der Waals surface area contributed by atoms with Gasteiger partial charge in [-0.3, -0.25) is 4.98 Å². The zero-order valence-electron chi connectivity index (χ0n) is 21.6. The lowest BCUT2D eigenvalue weighted by Gasteiger charge is -2.34. The summed E-state index contributed by atoms with van der Waals surface area (Å²) in [6.07, 6.45) is 8.94. The third-order valence-corrected chi connectivity index (χ3v) is 7.58. The van der Waals surface area contributed by atoms with Gasteiger partial charge in [0.25, 0.3) is 0 Å². The van der Waals surface area contributed by atoms with Crippen LogP contribution in [0.15, 0.2) is 36.5 Å². The highest BCUT2D eigenvalue weighted by atomic mass is 35.5. The molecule has 188 valence electrons. The van der Waals surface area contributed by atoms with E-state index in [1.807, 2.05) is 6.07 Å². The van der Waals surface area contributed by atoms with Crippen molar-refractivity contribution in [1.82, 2.24) is 9.88 Å². The van der Waals surface area contributed by atoms with Gasteiger partial charge < -0.3 is 20.1 Å². The maximum atomic E-state index is 10.2. The highest BCUT2D eigenvalue weighted by molar-refractivity contribution is 6.32. The number of ether oxygens (including phenoxy) is 1. The number of nitrogens with one attached hydrogen (secondary N) is 1. The normalized spacial score (nSPS) is 18.4. The Morgan fingerprint density at radius 3 is 2.51 bits per heavy atom.